The topological polar surface area (TPSA) is 49.0 Å². The van der Waals surface area contributed by atoms with Crippen molar-refractivity contribution in [3.63, 3.8) is 0 Å². The molecule has 116 valence electrons. The highest BCUT2D eigenvalue weighted by atomic mass is 35.5. The van der Waals surface area contributed by atoms with Gasteiger partial charge in [0.1, 0.15) is 0 Å². The van der Waals surface area contributed by atoms with Crippen molar-refractivity contribution >= 4 is 45.5 Å². The molecule has 0 fully saturated rings. The van der Waals surface area contributed by atoms with E-state index in [1.54, 1.807) is 6.20 Å². The second kappa shape index (κ2) is 7.26. The van der Waals surface area contributed by atoms with Gasteiger partial charge in [0.15, 0.2) is 5.11 Å². The molecular formula is C17H15ClN4S. The van der Waals surface area contributed by atoms with E-state index < -0.39 is 0 Å². The summed E-state index contributed by atoms with van der Waals surface area (Å²) in [7, 11) is 0. The van der Waals surface area contributed by atoms with Crippen LogP contribution in [0.4, 0.5) is 5.69 Å². The molecule has 23 heavy (non-hydrogen) atoms. The minimum absolute atomic E-state index is 0.521. The van der Waals surface area contributed by atoms with E-state index in [2.05, 4.69) is 21.2 Å². The Kier molecular flexibility index (Phi) is 4.90. The lowest BCUT2D eigenvalue weighted by atomic mass is 10.2. The number of nitrogens with zero attached hydrogens (tertiary/aromatic N) is 1. The Labute approximate surface area is 144 Å². The normalized spacial score (nSPS) is 10.3. The number of fused-ring (bicyclic) bond motifs is 1. The molecule has 3 aromatic rings. The van der Waals surface area contributed by atoms with Gasteiger partial charge in [-0.25, -0.2) is 0 Å². The van der Waals surface area contributed by atoms with Gasteiger partial charge in [-0.2, -0.15) is 0 Å². The molecule has 0 atom stereocenters. The quantitative estimate of drug-likeness (QED) is 0.496. The van der Waals surface area contributed by atoms with Gasteiger partial charge in [-0.15, -0.1) is 0 Å². The number of thiocarbonyl (C=S) groups is 1. The summed E-state index contributed by atoms with van der Waals surface area (Å²) in [6, 6.07) is 17.5. The fraction of sp³-hybridized carbons (Fsp3) is 0.0588. The minimum Gasteiger partial charge on any atom is -0.357 e. The van der Waals surface area contributed by atoms with Crippen molar-refractivity contribution in [1.82, 2.24) is 15.7 Å². The summed E-state index contributed by atoms with van der Waals surface area (Å²) < 4.78 is 0. The van der Waals surface area contributed by atoms with E-state index in [0.29, 0.717) is 16.7 Å². The third-order valence-electron chi connectivity index (χ3n) is 3.31. The van der Waals surface area contributed by atoms with E-state index >= 15 is 0 Å². The average molecular weight is 343 g/mol. The third-order valence-corrected chi connectivity index (χ3v) is 3.79. The Bertz CT molecular complexity index is 823. The molecule has 4 nitrogen and oxygen atoms in total. The summed E-state index contributed by atoms with van der Waals surface area (Å²) >= 11 is 11.3. The summed E-state index contributed by atoms with van der Waals surface area (Å²) in [5, 5.41) is 5.30. The number of anilines is 1. The average Bonchev–Trinajstić information content (AvgIpc) is 2.58. The number of nitrogens with one attached hydrogen (secondary N) is 3. The maximum atomic E-state index is 5.99. The maximum Gasteiger partial charge on any atom is 0.185 e. The Morgan fingerprint density at radius 1 is 1.09 bits per heavy atom. The first-order valence-electron chi connectivity index (χ1n) is 7.10. The van der Waals surface area contributed by atoms with Crippen LogP contribution in [0, 0.1) is 0 Å². The fourth-order valence-electron chi connectivity index (χ4n) is 2.18. The van der Waals surface area contributed by atoms with Crippen LogP contribution in [0.1, 0.15) is 5.56 Å². The Balaban J connectivity index is 1.61. The van der Waals surface area contributed by atoms with Crippen molar-refractivity contribution < 1.29 is 0 Å². The summed E-state index contributed by atoms with van der Waals surface area (Å²) in [5.41, 5.74) is 8.97. The Morgan fingerprint density at radius 2 is 1.91 bits per heavy atom. The molecule has 0 spiro atoms. The van der Waals surface area contributed by atoms with Crippen molar-refractivity contribution in [2.24, 2.45) is 0 Å². The third kappa shape index (κ3) is 4.09. The maximum absolute atomic E-state index is 5.99. The molecule has 0 saturated carbocycles. The zero-order valence-corrected chi connectivity index (χ0v) is 13.8. The van der Waals surface area contributed by atoms with Gasteiger partial charge in [0.25, 0.3) is 0 Å². The lowest BCUT2D eigenvalue weighted by Crippen LogP contribution is -2.38. The van der Waals surface area contributed by atoms with Gasteiger partial charge in [0.05, 0.1) is 11.2 Å². The molecule has 0 unspecified atom stereocenters. The monoisotopic (exact) mass is 342 g/mol. The molecule has 6 heteroatoms. The lowest BCUT2D eigenvalue weighted by molar-refractivity contribution is 0.886. The number of halogens is 1. The van der Waals surface area contributed by atoms with Crippen molar-refractivity contribution in [2.45, 2.75) is 6.54 Å². The molecular weight excluding hydrogens is 328 g/mol. The van der Waals surface area contributed by atoms with Crippen LogP contribution in [0.5, 0.6) is 0 Å². The predicted octanol–water partition coefficient (Wildman–Crippen LogP) is 3.88. The molecule has 0 aliphatic rings. The zero-order chi connectivity index (χ0) is 16.1. The second-order valence-electron chi connectivity index (χ2n) is 4.94. The van der Waals surface area contributed by atoms with Crippen molar-refractivity contribution in [2.75, 3.05) is 5.43 Å². The summed E-state index contributed by atoms with van der Waals surface area (Å²) in [6.07, 6.45) is 1.73. The first-order chi connectivity index (χ1) is 11.2. The van der Waals surface area contributed by atoms with Crippen LogP contribution in [0.25, 0.3) is 10.9 Å². The summed E-state index contributed by atoms with van der Waals surface area (Å²) in [5.74, 6) is 0. The zero-order valence-electron chi connectivity index (χ0n) is 12.2. The highest BCUT2D eigenvalue weighted by Gasteiger charge is 2.03. The van der Waals surface area contributed by atoms with Crippen molar-refractivity contribution in [3.05, 3.63) is 71.4 Å². The van der Waals surface area contributed by atoms with Gasteiger partial charge in [0.2, 0.25) is 0 Å². The first-order valence-corrected chi connectivity index (χ1v) is 7.89. The van der Waals surface area contributed by atoms with Gasteiger partial charge in [-0.1, -0.05) is 41.9 Å². The van der Waals surface area contributed by atoms with Crippen LogP contribution in [0.3, 0.4) is 0 Å². The molecule has 0 aliphatic carbocycles. The highest BCUT2D eigenvalue weighted by Crippen LogP contribution is 2.23. The predicted molar refractivity (Wildman–Crippen MR) is 99.4 cm³/mol. The number of hydrogen-bond donors (Lipinski definition) is 3. The van der Waals surface area contributed by atoms with E-state index in [1.165, 1.54) is 5.56 Å². The van der Waals surface area contributed by atoms with Crippen molar-refractivity contribution in [3.8, 4) is 0 Å². The second-order valence-corrected chi connectivity index (χ2v) is 5.78. The van der Waals surface area contributed by atoms with Crippen LogP contribution < -0.4 is 16.2 Å². The van der Waals surface area contributed by atoms with E-state index in [4.69, 9.17) is 23.8 Å². The standard InChI is InChI=1S/C17H15ClN4S/c18-13-6-7-14-15(8-9-19-16(14)10-13)21-22-17(23)20-11-12-4-2-1-3-5-12/h1-10H,11H2,(H,19,21)(H2,20,22,23). The molecule has 3 N–H and O–H groups in total. The molecule has 0 radical (unpaired) electrons. The van der Waals surface area contributed by atoms with Crippen molar-refractivity contribution in [1.29, 1.82) is 0 Å². The van der Waals surface area contributed by atoms with Gasteiger partial charge in [-0.05, 0) is 42.0 Å². The summed E-state index contributed by atoms with van der Waals surface area (Å²) in [6.45, 7) is 0.668. The number of pyridine rings is 1. The number of hydrogen-bond acceptors (Lipinski definition) is 3. The Morgan fingerprint density at radius 3 is 2.74 bits per heavy atom. The van der Waals surface area contributed by atoms with Gasteiger partial charge >= 0.3 is 0 Å². The van der Waals surface area contributed by atoms with E-state index in [0.717, 1.165) is 16.6 Å². The van der Waals surface area contributed by atoms with Gasteiger partial charge < -0.3 is 5.32 Å². The molecule has 1 heterocycles. The van der Waals surface area contributed by atoms with Crippen LogP contribution >= 0.6 is 23.8 Å². The van der Waals surface area contributed by atoms with Crippen LogP contribution in [0.15, 0.2) is 60.8 Å². The van der Waals surface area contributed by atoms with E-state index in [9.17, 15) is 0 Å². The molecule has 1 aromatic heterocycles. The van der Waals surface area contributed by atoms with Crippen LogP contribution in [-0.2, 0) is 6.54 Å². The number of aromatic nitrogens is 1. The molecule has 0 aliphatic heterocycles. The number of benzene rings is 2. The SMILES string of the molecule is S=C(NCc1ccccc1)NNc1ccnc2cc(Cl)ccc12. The van der Waals surface area contributed by atoms with Gasteiger partial charge in [-0.3, -0.25) is 15.8 Å². The van der Waals surface area contributed by atoms with E-state index in [1.807, 2.05) is 54.6 Å². The number of hydrazine groups is 1. The van der Waals surface area contributed by atoms with E-state index in [-0.39, 0.29) is 0 Å². The Hall–Kier alpha value is -2.37. The van der Waals surface area contributed by atoms with Crippen LogP contribution in [0.2, 0.25) is 5.02 Å². The molecule has 3 rings (SSSR count). The molecule has 2 aromatic carbocycles. The molecule has 0 bridgehead atoms. The minimum atomic E-state index is 0.521. The number of rotatable bonds is 4. The van der Waals surface area contributed by atoms with Crippen LogP contribution in [-0.4, -0.2) is 10.1 Å². The lowest BCUT2D eigenvalue weighted by Gasteiger charge is -2.14. The van der Waals surface area contributed by atoms with Gasteiger partial charge in [0, 0.05) is 23.2 Å². The smallest absolute Gasteiger partial charge is 0.185 e. The molecule has 0 amide bonds. The largest absolute Gasteiger partial charge is 0.357 e. The highest BCUT2D eigenvalue weighted by molar-refractivity contribution is 7.80. The summed E-state index contributed by atoms with van der Waals surface area (Å²) in [4.78, 5) is 4.31. The fourth-order valence-corrected chi connectivity index (χ4v) is 2.47. The molecule has 0 saturated heterocycles. The first kappa shape index (κ1) is 15.5.